The third kappa shape index (κ3) is 3.67. The smallest absolute Gasteiger partial charge is 0.191 e. The summed E-state index contributed by atoms with van der Waals surface area (Å²) < 4.78 is 10.4. The van der Waals surface area contributed by atoms with Crippen LogP contribution < -0.4 is 10.5 Å². The fourth-order valence-electron chi connectivity index (χ4n) is 2.69. The molecule has 1 heterocycles. The average Bonchev–Trinajstić information content (AvgIpc) is 2.79. The molecule has 0 bridgehead atoms. The van der Waals surface area contributed by atoms with E-state index < -0.39 is 0 Å². The Bertz CT molecular complexity index is 487. The van der Waals surface area contributed by atoms with Gasteiger partial charge < -0.3 is 20.1 Å². The van der Waals surface area contributed by atoms with Gasteiger partial charge in [-0.15, -0.1) is 0 Å². The Balaban J connectivity index is 1.96. The highest BCUT2D eigenvalue weighted by atomic mass is 16.5. The van der Waals surface area contributed by atoms with Crippen LogP contribution in [0.25, 0.3) is 0 Å². The van der Waals surface area contributed by atoms with Crippen LogP contribution in [0.3, 0.4) is 0 Å². The van der Waals surface area contributed by atoms with E-state index in [0.29, 0.717) is 12.6 Å². The van der Waals surface area contributed by atoms with Crippen molar-refractivity contribution in [1.82, 2.24) is 4.90 Å². The number of rotatable bonds is 7. The van der Waals surface area contributed by atoms with Crippen molar-refractivity contribution in [3.8, 4) is 5.75 Å². The monoisotopic (exact) mass is 291 g/mol. The second-order valence-electron chi connectivity index (χ2n) is 5.66. The largest absolute Gasteiger partial charge is 0.497 e. The fourth-order valence-corrected chi connectivity index (χ4v) is 2.69. The fraction of sp³-hybridized carbons (Fsp3) is 0.562. The predicted molar refractivity (Wildman–Crippen MR) is 84.8 cm³/mol. The summed E-state index contributed by atoms with van der Waals surface area (Å²) in [5.41, 5.74) is 7.28. The number of hydrogen-bond donors (Lipinski definition) is 1. The summed E-state index contributed by atoms with van der Waals surface area (Å²) in [5.74, 6) is 1.52. The molecule has 0 spiro atoms. The average molecular weight is 291 g/mol. The zero-order valence-corrected chi connectivity index (χ0v) is 13.1. The van der Waals surface area contributed by atoms with E-state index in [1.54, 1.807) is 14.2 Å². The third-order valence-corrected chi connectivity index (χ3v) is 4.14. The number of aliphatic imine (C=N–C) groups is 1. The van der Waals surface area contributed by atoms with Gasteiger partial charge in [-0.1, -0.05) is 12.1 Å². The Hall–Kier alpha value is -1.75. The number of ether oxygens (including phenoxy) is 2. The van der Waals surface area contributed by atoms with Gasteiger partial charge in [0.1, 0.15) is 5.75 Å². The topological polar surface area (TPSA) is 60.1 Å². The maximum Gasteiger partial charge on any atom is 0.191 e. The number of hydrogen-bond acceptors (Lipinski definition) is 5. The summed E-state index contributed by atoms with van der Waals surface area (Å²) in [6.07, 6.45) is 2.00. The predicted octanol–water partition coefficient (Wildman–Crippen LogP) is 1.66. The summed E-state index contributed by atoms with van der Waals surface area (Å²) >= 11 is 0. The molecule has 0 fully saturated rings. The maximum atomic E-state index is 6.01. The Labute approximate surface area is 126 Å². The van der Waals surface area contributed by atoms with Crippen molar-refractivity contribution in [3.05, 3.63) is 29.8 Å². The van der Waals surface area contributed by atoms with Gasteiger partial charge in [0, 0.05) is 13.7 Å². The van der Waals surface area contributed by atoms with E-state index in [4.69, 9.17) is 15.2 Å². The van der Waals surface area contributed by atoms with Crippen molar-refractivity contribution >= 4 is 5.96 Å². The standard InChI is InChI=1S/C16H25N3O2/c1-16(12-18-15(17)19(16)10-11-20-2)9-8-13-4-6-14(21-3)7-5-13/h4-7H,8-12H2,1-3H3,(H2,17,18). The summed E-state index contributed by atoms with van der Waals surface area (Å²) in [6, 6.07) is 8.22. The first-order valence-electron chi connectivity index (χ1n) is 7.28. The molecule has 1 aliphatic rings. The van der Waals surface area contributed by atoms with Crippen LogP contribution in [0.5, 0.6) is 5.75 Å². The van der Waals surface area contributed by atoms with Gasteiger partial charge in [0.15, 0.2) is 5.96 Å². The minimum atomic E-state index is -0.0253. The number of guanidine groups is 1. The molecule has 116 valence electrons. The lowest BCUT2D eigenvalue weighted by atomic mass is 9.92. The van der Waals surface area contributed by atoms with Gasteiger partial charge in [0.05, 0.1) is 25.8 Å². The van der Waals surface area contributed by atoms with Crippen LogP contribution in [-0.2, 0) is 11.2 Å². The molecule has 0 saturated heterocycles. The van der Waals surface area contributed by atoms with Gasteiger partial charge in [0.25, 0.3) is 0 Å². The second-order valence-corrected chi connectivity index (χ2v) is 5.66. The highest BCUT2D eigenvalue weighted by Crippen LogP contribution is 2.27. The van der Waals surface area contributed by atoms with Crippen molar-refractivity contribution in [1.29, 1.82) is 0 Å². The number of benzene rings is 1. The summed E-state index contributed by atoms with van der Waals surface area (Å²) in [4.78, 5) is 6.57. The van der Waals surface area contributed by atoms with Crippen LogP contribution in [0.1, 0.15) is 18.9 Å². The van der Waals surface area contributed by atoms with E-state index in [9.17, 15) is 0 Å². The molecule has 5 heteroatoms. The highest BCUT2D eigenvalue weighted by Gasteiger charge is 2.37. The molecule has 21 heavy (non-hydrogen) atoms. The van der Waals surface area contributed by atoms with Gasteiger partial charge in [0.2, 0.25) is 0 Å². The van der Waals surface area contributed by atoms with Crippen LogP contribution >= 0.6 is 0 Å². The summed E-state index contributed by atoms with van der Waals surface area (Å²) in [6.45, 7) is 4.41. The first-order chi connectivity index (χ1) is 10.1. The Morgan fingerprint density at radius 2 is 2.00 bits per heavy atom. The molecule has 0 radical (unpaired) electrons. The van der Waals surface area contributed by atoms with Crippen molar-refractivity contribution in [3.63, 3.8) is 0 Å². The molecule has 0 amide bonds. The van der Waals surface area contributed by atoms with Gasteiger partial charge in [-0.25, -0.2) is 0 Å². The minimum Gasteiger partial charge on any atom is -0.497 e. The van der Waals surface area contributed by atoms with E-state index in [-0.39, 0.29) is 5.54 Å². The highest BCUT2D eigenvalue weighted by molar-refractivity contribution is 5.80. The van der Waals surface area contributed by atoms with Gasteiger partial charge in [-0.2, -0.15) is 0 Å². The normalized spacial score (nSPS) is 21.5. The van der Waals surface area contributed by atoms with Crippen molar-refractivity contribution in [2.45, 2.75) is 25.3 Å². The number of aryl methyl sites for hydroxylation is 1. The van der Waals surface area contributed by atoms with Crippen LogP contribution in [-0.4, -0.2) is 50.3 Å². The van der Waals surface area contributed by atoms with Crippen molar-refractivity contribution in [2.75, 3.05) is 33.9 Å². The lowest BCUT2D eigenvalue weighted by Crippen LogP contribution is -2.51. The van der Waals surface area contributed by atoms with Crippen LogP contribution in [0, 0.1) is 0 Å². The molecular formula is C16H25N3O2. The molecule has 1 aliphatic heterocycles. The molecule has 0 aliphatic carbocycles. The Kier molecular flexibility index (Phi) is 5.07. The molecule has 2 N–H and O–H groups in total. The van der Waals surface area contributed by atoms with E-state index in [0.717, 1.165) is 31.7 Å². The van der Waals surface area contributed by atoms with Crippen LogP contribution in [0.15, 0.2) is 29.3 Å². The first-order valence-corrected chi connectivity index (χ1v) is 7.28. The Morgan fingerprint density at radius 3 is 2.62 bits per heavy atom. The summed E-state index contributed by atoms with van der Waals surface area (Å²) in [5, 5.41) is 0. The van der Waals surface area contributed by atoms with Crippen LogP contribution in [0.2, 0.25) is 0 Å². The quantitative estimate of drug-likeness (QED) is 0.830. The molecule has 2 rings (SSSR count). The van der Waals surface area contributed by atoms with Crippen molar-refractivity contribution < 1.29 is 9.47 Å². The first kappa shape index (κ1) is 15.6. The molecule has 1 aromatic rings. The molecule has 1 atom stereocenters. The van der Waals surface area contributed by atoms with Crippen molar-refractivity contribution in [2.24, 2.45) is 10.7 Å². The number of nitrogens with zero attached hydrogens (tertiary/aromatic N) is 2. The third-order valence-electron chi connectivity index (χ3n) is 4.14. The maximum absolute atomic E-state index is 6.01. The van der Waals surface area contributed by atoms with Gasteiger partial charge in [-0.3, -0.25) is 4.99 Å². The lowest BCUT2D eigenvalue weighted by Gasteiger charge is -2.36. The van der Waals surface area contributed by atoms with Crippen LogP contribution in [0.4, 0.5) is 0 Å². The zero-order valence-electron chi connectivity index (χ0n) is 13.1. The molecule has 5 nitrogen and oxygen atoms in total. The van der Waals surface area contributed by atoms with Gasteiger partial charge >= 0.3 is 0 Å². The second kappa shape index (κ2) is 6.80. The zero-order chi connectivity index (χ0) is 15.3. The summed E-state index contributed by atoms with van der Waals surface area (Å²) in [7, 11) is 3.39. The SMILES string of the molecule is COCCN1C(N)=NCC1(C)CCc1ccc(OC)cc1. The molecular weight excluding hydrogens is 266 g/mol. The van der Waals surface area contributed by atoms with E-state index in [1.807, 2.05) is 12.1 Å². The van der Waals surface area contributed by atoms with E-state index in [1.165, 1.54) is 5.56 Å². The molecule has 0 aromatic heterocycles. The van der Waals surface area contributed by atoms with Gasteiger partial charge in [-0.05, 0) is 37.5 Å². The minimum absolute atomic E-state index is 0.0253. The molecule has 1 unspecified atom stereocenters. The molecule has 0 saturated carbocycles. The lowest BCUT2D eigenvalue weighted by molar-refractivity contribution is 0.132. The number of methoxy groups -OCH3 is 2. The number of nitrogens with two attached hydrogens (primary N) is 1. The van der Waals surface area contributed by atoms with E-state index in [2.05, 4.69) is 28.9 Å². The Morgan fingerprint density at radius 1 is 1.29 bits per heavy atom. The molecule has 1 aromatic carbocycles. The van der Waals surface area contributed by atoms with E-state index >= 15 is 0 Å².